The van der Waals surface area contributed by atoms with Gasteiger partial charge in [-0.3, -0.25) is 9.69 Å². The second-order valence-corrected chi connectivity index (χ2v) is 11.1. The Balaban J connectivity index is 0.000000130. The number of carbonyl (C=O) groups excluding carboxylic acids is 1. The van der Waals surface area contributed by atoms with E-state index in [4.69, 9.17) is 5.26 Å². The molecule has 2 aromatic heterocycles. The molecule has 4 aromatic rings. The Hall–Kier alpha value is -4.22. The summed E-state index contributed by atoms with van der Waals surface area (Å²) in [5.41, 5.74) is 7.39. The highest BCUT2D eigenvalue weighted by molar-refractivity contribution is 6.00. The van der Waals surface area contributed by atoms with E-state index in [2.05, 4.69) is 49.3 Å². The van der Waals surface area contributed by atoms with E-state index in [1.54, 1.807) is 0 Å². The normalized spacial score (nSPS) is 24.5. The molecular formula is C31H31N7O. The van der Waals surface area contributed by atoms with Crippen molar-refractivity contribution >= 4 is 5.91 Å². The van der Waals surface area contributed by atoms with Crippen LogP contribution >= 0.6 is 0 Å². The van der Waals surface area contributed by atoms with Crippen LogP contribution in [0.2, 0.25) is 0 Å². The van der Waals surface area contributed by atoms with Crippen molar-refractivity contribution in [3.63, 3.8) is 0 Å². The van der Waals surface area contributed by atoms with Crippen molar-refractivity contribution in [3.8, 4) is 6.07 Å². The number of aromatic nitrogens is 4. The quantitative estimate of drug-likeness (QED) is 0.348. The predicted octanol–water partition coefficient (Wildman–Crippen LogP) is 4.24. The fourth-order valence-electron chi connectivity index (χ4n) is 7.58. The summed E-state index contributed by atoms with van der Waals surface area (Å²) in [5, 5.41) is 9.08. The minimum atomic E-state index is -0.317. The molecule has 0 bridgehead atoms. The first kappa shape index (κ1) is 23.9. The fraction of sp³-hybridized carbons (Fsp3) is 0.355. The van der Waals surface area contributed by atoms with Gasteiger partial charge in [-0.05, 0) is 67.6 Å². The van der Waals surface area contributed by atoms with Gasteiger partial charge in [0.05, 0.1) is 53.6 Å². The average molecular weight is 518 g/mol. The lowest BCUT2D eigenvalue weighted by Gasteiger charge is -2.40. The summed E-state index contributed by atoms with van der Waals surface area (Å²) >= 11 is 0. The van der Waals surface area contributed by atoms with Crippen LogP contribution in [-0.2, 0) is 30.7 Å². The van der Waals surface area contributed by atoms with E-state index in [-0.39, 0.29) is 17.0 Å². The van der Waals surface area contributed by atoms with Crippen LogP contribution in [0.1, 0.15) is 69.7 Å². The van der Waals surface area contributed by atoms with Crippen LogP contribution in [-0.4, -0.2) is 48.9 Å². The summed E-state index contributed by atoms with van der Waals surface area (Å²) in [4.78, 5) is 25.4. The molecule has 0 fully saturated rings. The van der Waals surface area contributed by atoms with Crippen molar-refractivity contribution in [2.45, 2.75) is 56.4 Å². The van der Waals surface area contributed by atoms with Crippen LogP contribution in [0.25, 0.3) is 0 Å². The standard InChI is InChI=1S/C16H16N4.C15H15N3O/c1-19-10-13-7-12(8-17)3-4-14(13)16(19)5-2-6-20-11-18-9-15(16)20;1-17-14(19)11-5-2-3-6-12(11)15(17)7-4-8-18-10-16-9-13(15)18/h3-4,7,9,11H,2,5-6,10H2,1H3;2-3,5-6,9-10H,4,7-8H2,1H3. The monoisotopic (exact) mass is 517 g/mol. The first-order chi connectivity index (χ1) is 19.0. The maximum atomic E-state index is 12.5. The molecule has 0 N–H and O–H groups in total. The topological polar surface area (TPSA) is 83.0 Å². The zero-order chi connectivity index (χ0) is 26.8. The predicted molar refractivity (Wildman–Crippen MR) is 146 cm³/mol. The van der Waals surface area contributed by atoms with Gasteiger partial charge in [0.25, 0.3) is 5.91 Å². The number of fused-ring (bicyclic) bond motifs is 8. The van der Waals surface area contributed by atoms with E-state index in [0.717, 1.165) is 67.7 Å². The third kappa shape index (κ3) is 3.17. The van der Waals surface area contributed by atoms with E-state index in [0.29, 0.717) is 0 Å². The van der Waals surface area contributed by atoms with Crippen LogP contribution in [0.5, 0.6) is 0 Å². The smallest absolute Gasteiger partial charge is 0.255 e. The average Bonchev–Trinajstić information content (AvgIpc) is 3.74. The van der Waals surface area contributed by atoms with Gasteiger partial charge in [-0.1, -0.05) is 24.3 Å². The molecule has 2 aromatic carbocycles. The van der Waals surface area contributed by atoms with Crippen LogP contribution < -0.4 is 0 Å². The van der Waals surface area contributed by atoms with Crippen molar-refractivity contribution in [3.05, 3.63) is 107 Å². The Bertz CT molecular complexity index is 1640. The zero-order valence-electron chi connectivity index (χ0n) is 22.3. The lowest BCUT2D eigenvalue weighted by atomic mass is 9.80. The van der Waals surface area contributed by atoms with Gasteiger partial charge in [0.1, 0.15) is 5.54 Å². The molecule has 0 radical (unpaired) electrons. The molecule has 196 valence electrons. The van der Waals surface area contributed by atoms with Crippen molar-refractivity contribution in [2.75, 3.05) is 14.1 Å². The van der Waals surface area contributed by atoms with E-state index in [1.165, 1.54) is 16.8 Å². The summed E-state index contributed by atoms with van der Waals surface area (Å²) < 4.78 is 4.45. The van der Waals surface area contributed by atoms with E-state index in [1.807, 2.05) is 67.3 Å². The third-order valence-electron chi connectivity index (χ3n) is 9.37. The second kappa shape index (κ2) is 8.65. The lowest BCUT2D eigenvalue weighted by Crippen LogP contribution is -2.45. The number of amides is 1. The Labute approximate surface area is 228 Å². The molecule has 0 saturated carbocycles. The van der Waals surface area contributed by atoms with E-state index >= 15 is 0 Å². The van der Waals surface area contributed by atoms with E-state index < -0.39 is 0 Å². The van der Waals surface area contributed by atoms with Gasteiger partial charge in [-0.15, -0.1) is 0 Å². The van der Waals surface area contributed by atoms with Gasteiger partial charge in [0.2, 0.25) is 0 Å². The number of carbonyl (C=O) groups is 1. The minimum Gasteiger partial charge on any atom is -0.333 e. The molecular weight excluding hydrogens is 486 g/mol. The molecule has 8 rings (SSSR count). The molecule has 2 spiro atoms. The second-order valence-electron chi connectivity index (χ2n) is 11.1. The number of hydrogen-bond donors (Lipinski definition) is 0. The fourth-order valence-corrected chi connectivity index (χ4v) is 7.58. The molecule has 6 heterocycles. The number of nitrogens with zero attached hydrogens (tertiary/aromatic N) is 7. The first-order valence-corrected chi connectivity index (χ1v) is 13.6. The SMILES string of the molecule is CN1C(=O)c2ccccc2C12CCCn1cncc12.CN1Cc2cc(C#N)ccc2C12CCCn1cncc12. The van der Waals surface area contributed by atoms with Crippen molar-refractivity contribution in [1.82, 2.24) is 28.9 Å². The molecule has 4 aliphatic heterocycles. The van der Waals surface area contributed by atoms with Crippen molar-refractivity contribution in [1.29, 1.82) is 5.26 Å². The highest BCUT2D eigenvalue weighted by Crippen LogP contribution is 2.49. The summed E-state index contributed by atoms with van der Waals surface area (Å²) in [6.07, 6.45) is 12.0. The van der Waals surface area contributed by atoms with Crippen molar-refractivity contribution in [2.24, 2.45) is 0 Å². The maximum Gasteiger partial charge on any atom is 0.255 e. The molecule has 2 unspecified atom stereocenters. The molecule has 4 aliphatic rings. The molecule has 0 saturated heterocycles. The Kier molecular flexibility index (Phi) is 5.29. The van der Waals surface area contributed by atoms with Gasteiger partial charge in [0.15, 0.2) is 0 Å². The molecule has 8 heteroatoms. The highest BCUT2D eigenvalue weighted by atomic mass is 16.2. The molecule has 0 aliphatic carbocycles. The van der Waals surface area contributed by atoms with Crippen LogP contribution in [0, 0.1) is 11.3 Å². The largest absolute Gasteiger partial charge is 0.333 e. The summed E-state index contributed by atoms with van der Waals surface area (Å²) in [6, 6.07) is 16.3. The Morgan fingerprint density at radius 2 is 1.54 bits per heavy atom. The van der Waals surface area contributed by atoms with Gasteiger partial charge >= 0.3 is 0 Å². The number of aryl methyl sites for hydroxylation is 2. The molecule has 2 atom stereocenters. The van der Waals surface area contributed by atoms with Crippen LogP contribution in [0.15, 0.2) is 67.5 Å². The number of hydrogen-bond acceptors (Lipinski definition) is 5. The first-order valence-electron chi connectivity index (χ1n) is 13.6. The summed E-state index contributed by atoms with van der Waals surface area (Å²) in [5.74, 6) is 0.116. The number of rotatable bonds is 0. The van der Waals surface area contributed by atoms with Gasteiger partial charge in [-0.2, -0.15) is 5.26 Å². The highest BCUT2D eigenvalue weighted by Gasteiger charge is 2.51. The Morgan fingerprint density at radius 1 is 0.872 bits per heavy atom. The maximum absolute atomic E-state index is 12.5. The minimum absolute atomic E-state index is 0.0575. The van der Waals surface area contributed by atoms with Crippen LogP contribution in [0.3, 0.4) is 0 Å². The molecule has 8 nitrogen and oxygen atoms in total. The zero-order valence-corrected chi connectivity index (χ0v) is 22.3. The lowest BCUT2D eigenvalue weighted by molar-refractivity contribution is 0.0643. The number of nitriles is 1. The van der Waals surface area contributed by atoms with Gasteiger partial charge in [-0.25, -0.2) is 9.97 Å². The van der Waals surface area contributed by atoms with Gasteiger partial charge in [0, 0.05) is 32.2 Å². The van der Waals surface area contributed by atoms with Crippen molar-refractivity contribution < 1.29 is 4.79 Å². The summed E-state index contributed by atoms with van der Waals surface area (Å²) in [6.45, 7) is 2.94. The number of imidazole rings is 2. The third-order valence-corrected chi connectivity index (χ3v) is 9.37. The molecule has 1 amide bonds. The Morgan fingerprint density at radius 3 is 2.26 bits per heavy atom. The van der Waals surface area contributed by atoms with Crippen LogP contribution in [0.4, 0.5) is 0 Å². The van der Waals surface area contributed by atoms with E-state index in [9.17, 15) is 4.79 Å². The summed E-state index contributed by atoms with van der Waals surface area (Å²) in [7, 11) is 4.08. The van der Waals surface area contributed by atoms with Gasteiger partial charge < -0.3 is 14.0 Å². The molecule has 39 heavy (non-hydrogen) atoms. The number of benzene rings is 2.